The molecule has 0 aliphatic carbocycles. The molecule has 3 aromatic rings. The van der Waals surface area contributed by atoms with Gasteiger partial charge in [0.15, 0.2) is 6.61 Å². The standard InChI is InChI=1S/C30H33ClN4O6S/c1-21-5-13-27(14-6-21)42(38,39)35(24-10-7-22(2)28(31)16-24)19-29(36)34-33-17-23-8-11-25(12-9-23)41-20-30(37)32-18-26-4-3-15-40-26/h5-14,16-17,26H,3-4,15,18-20H2,1-2H3,(H,32,37)(H,34,36)/b33-17-/t26-/m0/s1. The van der Waals surface area contributed by atoms with Crippen LogP contribution >= 0.6 is 11.6 Å². The minimum absolute atomic E-state index is 0.0451. The number of amides is 2. The number of anilines is 1. The average molecular weight is 613 g/mol. The number of benzene rings is 3. The molecule has 2 amide bonds. The Balaban J connectivity index is 1.34. The third-order valence-corrected chi connectivity index (χ3v) is 8.74. The number of sulfonamides is 1. The Bertz CT molecular complexity index is 1520. The maximum absolute atomic E-state index is 13.5. The first-order valence-corrected chi connectivity index (χ1v) is 15.2. The fraction of sp³-hybridized carbons (Fsp3) is 0.300. The summed E-state index contributed by atoms with van der Waals surface area (Å²) >= 11 is 6.27. The molecule has 222 valence electrons. The van der Waals surface area contributed by atoms with Gasteiger partial charge in [0.05, 0.1) is 22.9 Å². The largest absolute Gasteiger partial charge is 0.484 e. The van der Waals surface area contributed by atoms with Crippen LogP contribution in [0.3, 0.4) is 0 Å². The number of hydrogen-bond donors (Lipinski definition) is 2. The van der Waals surface area contributed by atoms with E-state index in [1.807, 2.05) is 6.92 Å². The van der Waals surface area contributed by atoms with Crippen LogP contribution in [0.1, 0.15) is 29.5 Å². The third kappa shape index (κ3) is 8.54. The van der Waals surface area contributed by atoms with Crippen molar-refractivity contribution in [1.29, 1.82) is 0 Å². The van der Waals surface area contributed by atoms with Crippen molar-refractivity contribution >= 4 is 45.3 Å². The minimum Gasteiger partial charge on any atom is -0.484 e. The molecule has 1 atom stereocenters. The van der Waals surface area contributed by atoms with Gasteiger partial charge in [0.2, 0.25) is 0 Å². The van der Waals surface area contributed by atoms with E-state index in [1.54, 1.807) is 55.5 Å². The summed E-state index contributed by atoms with van der Waals surface area (Å²) in [5.74, 6) is -0.380. The van der Waals surface area contributed by atoms with Gasteiger partial charge in [0, 0.05) is 18.2 Å². The van der Waals surface area contributed by atoms with Crippen LogP contribution in [0.2, 0.25) is 5.02 Å². The molecule has 12 heteroatoms. The van der Waals surface area contributed by atoms with Gasteiger partial charge in [0.25, 0.3) is 21.8 Å². The van der Waals surface area contributed by atoms with Crippen molar-refractivity contribution in [2.24, 2.45) is 5.10 Å². The second-order valence-electron chi connectivity index (χ2n) is 9.85. The molecular weight excluding hydrogens is 580 g/mol. The zero-order valence-corrected chi connectivity index (χ0v) is 25.0. The third-order valence-electron chi connectivity index (χ3n) is 6.54. The van der Waals surface area contributed by atoms with Gasteiger partial charge in [0.1, 0.15) is 12.3 Å². The summed E-state index contributed by atoms with van der Waals surface area (Å²) in [7, 11) is -4.08. The Kier molecular flexibility index (Phi) is 10.6. The first kappa shape index (κ1) is 31.0. The smallest absolute Gasteiger partial charge is 0.264 e. The molecule has 0 bridgehead atoms. The predicted octanol–water partition coefficient (Wildman–Crippen LogP) is 3.98. The van der Waals surface area contributed by atoms with Crippen molar-refractivity contribution < 1.29 is 27.5 Å². The highest BCUT2D eigenvalue weighted by Gasteiger charge is 2.27. The summed E-state index contributed by atoms with van der Waals surface area (Å²) in [6, 6.07) is 17.9. The fourth-order valence-corrected chi connectivity index (χ4v) is 5.70. The van der Waals surface area contributed by atoms with Gasteiger partial charge < -0.3 is 14.8 Å². The molecule has 0 spiro atoms. The average Bonchev–Trinajstić information content (AvgIpc) is 3.50. The lowest BCUT2D eigenvalue weighted by molar-refractivity contribution is -0.123. The van der Waals surface area contributed by atoms with Gasteiger partial charge in [-0.2, -0.15) is 5.10 Å². The molecule has 10 nitrogen and oxygen atoms in total. The monoisotopic (exact) mass is 612 g/mol. The van der Waals surface area contributed by atoms with Gasteiger partial charge in [-0.25, -0.2) is 13.8 Å². The van der Waals surface area contributed by atoms with Crippen molar-refractivity contribution in [3.63, 3.8) is 0 Å². The van der Waals surface area contributed by atoms with Gasteiger partial charge in [-0.05, 0) is 86.3 Å². The molecule has 1 fully saturated rings. The Hall–Kier alpha value is -3.93. The molecular formula is C30H33ClN4O6S. The number of halogens is 1. The van der Waals surface area contributed by atoms with Gasteiger partial charge in [-0.15, -0.1) is 0 Å². The van der Waals surface area contributed by atoms with E-state index in [9.17, 15) is 18.0 Å². The molecule has 1 heterocycles. The summed E-state index contributed by atoms with van der Waals surface area (Å²) < 4.78 is 39.0. The lowest BCUT2D eigenvalue weighted by Crippen LogP contribution is -2.39. The zero-order chi connectivity index (χ0) is 30.1. The summed E-state index contributed by atoms with van der Waals surface area (Å²) in [4.78, 5) is 24.9. The molecule has 1 aliphatic rings. The zero-order valence-electron chi connectivity index (χ0n) is 23.4. The van der Waals surface area contributed by atoms with Crippen LogP contribution in [0.5, 0.6) is 5.75 Å². The van der Waals surface area contributed by atoms with E-state index in [0.717, 1.165) is 34.9 Å². The van der Waals surface area contributed by atoms with E-state index in [1.165, 1.54) is 24.4 Å². The minimum atomic E-state index is -4.08. The molecule has 0 unspecified atom stereocenters. The maximum atomic E-state index is 13.5. The van der Waals surface area contributed by atoms with Crippen LogP contribution in [0.4, 0.5) is 5.69 Å². The van der Waals surface area contributed by atoms with E-state index in [-0.39, 0.29) is 29.2 Å². The molecule has 0 radical (unpaired) electrons. The Morgan fingerprint density at radius 1 is 1.07 bits per heavy atom. The molecule has 42 heavy (non-hydrogen) atoms. The van der Waals surface area contributed by atoms with E-state index in [2.05, 4.69) is 15.8 Å². The molecule has 0 aromatic heterocycles. The molecule has 2 N–H and O–H groups in total. The number of aryl methyl sites for hydroxylation is 2. The van der Waals surface area contributed by atoms with Crippen molar-refractivity contribution in [2.45, 2.75) is 37.7 Å². The second kappa shape index (κ2) is 14.3. The molecule has 0 saturated carbocycles. The van der Waals surface area contributed by atoms with Crippen molar-refractivity contribution in [3.05, 3.63) is 88.4 Å². The summed E-state index contributed by atoms with van der Waals surface area (Å²) in [5, 5.41) is 7.14. The van der Waals surface area contributed by atoms with Crippen LogP contribution in [0.15, 0.2) is 76.7 Å². The highest BCUT2D eigenvalue weighted by Crippen LogP contribution is 2.28. The van der Waals surface area contributed by atoms with E-state index < -0.39 is 22.5 Å². The molecule has 1 saturated heterocycles. The van der Waals surface area contributed by atoms with Crippen molar-refractivity contribution in [3.8, 4) is 5.75 Å². The van der Waals surface area contributed by atoms with Crippen LogP contribution in [-0.2, 0) is 24.3 Å². The molecule has 4 rings (SSSR count). The van der Waals surface area contributed by atoms with Crippen LogP contribution in [0.25, 0.3) is 0 Å². The molecule has 3 aromatic carbocycles. The molecule has 1 aliphatic heterocycles. The number of hydrogen-bond acceptors (Lipinski definition) is 7. The number of rotatable bonds is 12. The number of nitrogens with one attached hydrogen (secondary N) is 2. The van der Waals surface area contributed by atoms with Crippen molar-refractivity contribution in [2.75, 3.05) is 30.6 Å². The SMILES string of the molecule is Cc1ccc(S(=O)(=O)N(CC(=O)N/N=C\c2ccc(OCC(=O)NC[C@@H]3CCCO3)cc2)c2ccc(C)c(Cl)c2)cc1. The lowest BCUT2D eigenvalue weighted by Gasteiger charge is -2.24. The lowest BCUT2D eigenvalue weighted by atomic mass is 10.2. The Morgan fingerprint density at radius 3 is 2.48 bits per heavy atom. The Morgan fingerprint density at radius 2 is 1.81 bits per heavy atom. The topological polar surface area (TPSA) is 126 Å². The van der Waals surface area contributed by atoms with Crippen molar-refractivity contribution in [1.82, 2.24) is 10.7 Å². The van der Waals surface area contributed by atoms with E-state index >= 15 is 0 Å². The van der Waals surface area contributed by atoms with E-state index in [0.29, 0.717) is 22.9 Å². The van der Waals surface area contributed by atoms with Gasteiger partial charge >= 0.3 is 0 Å². The van der Waals surface area contributed by atoms with E-state index in [4.69, 9.17) is 21.1 Å². The quantitative estimate of drug-likeness (QED) is 0.235. The summed E-state index contributed by atoms with van der Waals surface area (Å²) in [6.07, 6.45) is 3.43. The Labute approximate surface area is 250 Å². The first-order chi connectivity index (χ1) is 20.1. The number of nitrogens with zero attached hydrogens (tertiary/aromatic N) is 2. The van der Waals surface area contributed by atoms with Gasteiger partial charge in [-0.3, -0.25) is 13.9 Å². The summed E-state index contributed by atoms with van der Waals surface area (Å²) in [6.45, 7) is 4.22. The summed E-state index contributed by atoms with van der Waals surface area (Å²) in [5.41, 5.74) is 4.96. The predicted molar refractivity (Wildman–Crippen MR) is 162 cm³/mol. The number of carbonyl (C=O) groups excluding carboxylic acids is 2. The maximum Gasteiger partial charge on any atom is 0.264 e. The highest BCUT2D eigenvalue weighted by atomic mass is 35.5. The first-order valence-electron chi connectivity index (χ1n) is 13.4. The van der Waals surface area contributed by atoms with Crippen LogP contribution < -0.4 is 19.8 Å². The number of ether oxygens (including phenoxy) is 2. The normalized spacial score (nSPS) is 15.0. The number of carbonyl (C=O) groups is 2. The van der Waals surface area contributed by atoms with Gasteiger partial charge in [-0.1, -0.05) is 35.4 Å². The number of hydrazone groups is 1. The fourth-order valence-electron chi connectivity index (χ4n) is 4.12. The highest BCUT2D eigenvalue weighted by molar-refractivity contribution is 7.92. The van der Waals surface area contributed by atoms with Crippen LogP contribution in [0, 0.1) is 13.8 Å². The van der Waals surface area contributed by atoms with Crippen LogP contribution in [-0.4, -0.2) is 58.9 Å². The second-order valence-corrected chi connectivity index (χ2v) is 12.1.